The van der Waals surface area contributed by atoms with Crippen LogP contribution in [0.15, 0.2) is 0 Å². The number of carbonyl (C=O) groups is 2. The van der Waals surface area contributed by atoms with Crippen LogP contribution in [0.1, 0.15) is 47.5 Å². The molecule has 2 amide bonds. The van der Waals surface area contributed by atoms with Crippen molar-refractivity contribution in [2.24, 2.45) is 11.3 Å². The highest BCUT2D eigenvalue weighted by molar-refractivity contribution is 6.05. The fourth-order valence-corrected chi connectivity index (χ4v) is 1.89. The van der Waals surface area contributed by atoms with E-state index in [4.69, 9.17) is 0 Å². The Morgan fingerprint density at radius 1 is 1.39 bits per heavy atom. The molecule has 0 aliphatic carbocycles. The summed E-state index contributed by atoms with van der Waals surface area (Å²) in [5.41, 5.74) is 0.126. The van der Waals surface area contributed by atoms with Gasteiger partial charge in [0, 0.05) is 13.1 Å². The summed E-state index contributed by atoms with van der Waals surface area (Å²) in [5.74, 6) is 0.437. The molecule has 0 bridgehead atoms. The van der Waals surface area contributed by atoms with Crippen LogP contribution in [0.5, 0.6) is 0 Å². The number of rotatable bonds is 6. The van der Waals surface area contributed by atoms with Crippen molar-refractivity contribution >= 4 is 11.8 Å². The van der Waals surface area contributed by atoms with E-state index in [9.17, 15) is 9.59 Å². The molecule has 1 rings (SSSR count). The quantitative estimate of drug-likeness (QED) is 0.735. The lowest BCUT2D eigenvalue weighted by Crippen LogP contribution is -2.44. The zero-order valence-corrected chi connectivity index (χ0v) is 12.2. The Morgan fingerprint density at radius 3 is 2.50 bits per heavy atom. The molecule has 0 aromatic rings. The van der Waals surface area contributed by atoms with E-state index in [1.807, 2.05) is 6.92 Å². The number of amides is 2. The van der Waals surface area contributed by atoms with Crippen molar-refractivity contribution in [2.75, 3.05) is 13.1 Å². The molecule has 0 radical (unpaired) electrons. The van der Waals surface area contributed by atoms with Crippen LogP contribution in [0.3, 0.4) is 0 Å². The van der Waals surface area contributed by atoms with Crippen LogP contribution >= 0.6 is 0 Å². The van der Waals surface area contributed by atoms with E-state index in [2.05, 4.69) is 33.0 Å². The van der Waals surface area contributed by atoms with Gasteiger partial charge in [-0.15, -0.1) is 0 Å². The first-order chi connectivity index (χ1) is 8.29. The molecule has 1 aliphatic rings. The first-order valence-electron chi connectivity index (χ1n) is 6.87. The molecular weight excluding hydrogens is 228 g/mol. The summed E-state index contributed by atoms with van der Waals surface area (Å²) in [6.45, 7) is 12.0. The molecule has 0 spiro atoms. The molecule has 18 heavy (non-hydrogen) atoms. The summed E-state index contributed by atoms with van der Waals surface area (Å²) in [6, 6.07) is -0.318. The molecule has 0 aromatic carbocycles. The van der Waals surface area contributed by atoms with Crippen molar-refractivity contribution < 1.29 is 9.59 Å². The van der Waals surface area contributed by atoms with E-state index in [0.717, 1.165) is 13.0 Å². The van der Waals surface area contributed by atoms with E-state index in [-0.39, 0.29) is 23.3 Å². The van der Waals surface area contributed by atoms with Gasteiger partial charge < -0.3 is 5.32 Å². The van der Waals surface area contributed by atoms with Crippen molar-refractivity contribution in [1.82, 2.24) is 10.2 Å². The third-order valence-electron chi connectivity index (χ3n) is 4.06. The second-order valence-corrected chi connectivity index (χ2v) is 6.16. The molecule has 0 aromatic heterocycles. The third-order valence-corrected chi connectivity index (χ3v) is 4.06. The molecule has 4 heteroatoms. The van der Waals surface area contributed by atoms with Crippen LogP contribution in [0.4, 0.5) is 0 Å². The predicted octanol–water partition coefficient (Wildman–Crippen LogP) is 1.80. The van der Waals surface area contributed by atoms with E-state index >= 15 is 0 Å². The number of likely N-dealkylation sites (tertiary alicyclic amines) is 1. The van der Waals surface area contributed by atoms with E-state index in [1.165, 1.54) is 4.90 Å². The lowest BCUT2D eigenvalue weighted by Gasteiger charge is -2.30. The molecule has 4 nitrogen and oxygen atoms in total. The maximum atomic E-state index is 12.0. The number of hydrogen-bond donors (Lipinski definition) is 1. The van der Waals surface area contributed by atoms with E-state index in [0.29, 0.717) is 18.9 Å². The Hall–Kier alpha value is -0.900. The Labute approximate surface area is 110 Å². The van der Waals surface area contributed by atoms with Crippen LogP contribution in [0.25, 0.3) is 0 Å². The minimum Gasteiger partial charge on any atom is -0.305 e. The average Bonchev–Trinajstić information content (AvgIpc) is 2.54. The molecular formula is C14H26N2O2. The van der Waals surface area contributed by atoms with Gasteiger partial charge >= 0.3 is 0 Å². The first-order valence-corrected chi connectivity index (χ1v) is 6.87. The molecule has 1 heterocycles. The van der Waals surface area contributed by atoms with Gasteiger partial charge in [-0.1, -0.05) is 34.6 Å². The third kappa shape index (κ3) is 3.31. The maximum Gasteiger partial charge on any atom is 0.246 e. The number of nitrogens with one attached hydrogen (secondary N) is 1. The Morgan fingerprint density at radius 2 is 2.00 bits per heavy atom. The van der Waals surface area contributed by atoms with Crippen LogP contribution in [0.2, 0.25) is 0 Å². The van der Waals surface area contributed by atoms with Gasteiger partial charge in [0.15, 0.2) is 0 Å². The van der Waals surface area contributed by atoms with Gasteiger partial charge in [0.05, 0.1) is 12.5 Å². The maximum absolute atomic E-state index is 12.0. The summed E-state index contributed by atoms with van der Waals surface area (Å²) >= 11 is 0. The van der Waals surface area contributed by atoms with Gasteiger partial charge in [0.1, 0.15) is 0 Å². The predicted molar refractivity (Wildman–Crippen MR) is 72.0 cm³/mol. The highest BCUT2D eigenvalue weighted by atomic mass is 16.2. The second-order valence-electron chi connectivity index (χ2n) is 6.16. The summed E-state index contributed by atoms with van der Waals surface area (Å²) < 4.78 is 0. The summed E-state index contributed by atoms with van der Waals surface area (Å²) in [4.78, 5) is 25.1. The van der Waals surface area contributed by atoms with Gasteiger partial charge in [0.25, 0.3) is 0 Å². The van der Waals surface area contributed by atoms with Gasteiger partial charge in [0.2, 0.25) is 11.8 Å². The topological polar surface area (TPSA) is 49.4 Å². The molecule has 104 valence electrons. The van der Waals surface area contributed by atoms with Crippen LogP contribution < -0.4 is 5.32 Å². The fraction of sp³-hybridized carbons (Fsp3) is 0.857. The SMILES string of the molecule is CCCN1C(=O)CC(NCC(C)(C)C(C)C)C1=O. The largest absolute Gasteiger partial charge is 0.305 e. The number of nitrogens with zero attached hydrogens (tertiary/aromatic N) is 1. The zero-order valence-electron chi connectivity index (χ0n) is 12.2. The molecule has 1 aliphatic heterocycles. The molecule has 1 fully saturated rings. The van der Waals surface area contributed by atoms with Crippen LogP contribution in [-0.2, 0) is 9.59 Å². The van der Waals surface area contributed by atoms with Gasteiger partial charge in [-0.25, -0.2) is 0 Å². The highest BCUT2D eigenvalue weighted by Gasteiger charge is 2.38. The molecule has 1 atom stereocenters. The summed E-state index contributed by atoms with van der Waals surface area (Å²) in [6.07, 6.45) is 1.13. The molecule has 1 saturated heterocycles. The lowest BCUT2D eigenvalue weighted by atomic mass is 9.81. The van der Waals surface area contributed by atoms with Gasteiger partial charge in [-0.2, -0.15) is 0 Å². The number of carbonyl (C=O) groups excluding carboxylic acids is 2. The lowest BCUT2D eigenvalue weighted by molar-refractivity contribution is -0.138. The monoisotopic (exact) mass is 254 g/mol. The summed E-state index contributed by atoms with van der Waals surface area (Å²) in [5, 5.41) is 3.26. The first kappa shape index (κ1) is 15.2. The van der Waals surface area contributed by atoms with Crippen molar-refractivity contribution in [2.45, 2.75) is 53.5 Å². The number of imide groups is 1. The molecule has 1 N–H and O–H groups in total. The summed E-state index contributed by atoms with van der Waals surface area (Å²) in [7, 11) is 0. The smallest absolute Gasteiger partial charge is 0.246 e. The van der Waals surface area contributed by atoms with E-state index < -0.39 is 0 Å². The molecule has 1 unspecified atom stereocenters. The van der Waals surface area contributed by atoms with Crippen LogP contribution in [-0.4, -0.2) is 35.8 Å². The average molecular weight is 254 g/mol. The number of hydrogen-bond acceptors (Lipinski definition) is 3. The Kier molecular flexibility index (Phi) is 4.91. The van der Waals surface area contributed by atoms with E-state index in [1.54, 1.807) is 0 Å². The van der Waals surface area contributed by atoms with Crippen molar-refractivity contribution in [3.8, 4) is 0 Å². The van der Waals surface area contributed by atoms with Crippen molar-refractivity contribution in [1.29, 1.82) is 0 Å². The van der Waals surface area contributed by atoms with Crippen molar-refractivity contribution in [3.63, 3.8) is 0 Å². The van der Waals surface area contributed by atoms with Crippen molar-refractivity contribution in [3.05, 3.63) is 0 Å². The zero-order chi connectivity index (χ0) is 13.9. The highest BCUT2D eigenvalue weighted by Crippen LogP contribution is 2.25. The minimum atomic E-state index is -0.318. The fourth-order valence-electron chi connectivity index (χ4n) is 1.89. The van der Waals surface area contributed by atoms with Gasteiger partial charge in [-0.3, -0.25) is 14.5 Å². The minimum absolute atomic E-state index is 0.0401. The molecule has 0 saturated carbocycles. The Balaban J connectivity index is 2.55. The van der Waals surface area contributed by atoms with Crippen LogP contribution in [0, 0.1) is 11.3 Å². The normalized spacial score (nSPS) is 21.2. The standard InChI is InChI=1S/C14H26N2O2/c1-6-7-16-12(17)8-11(13(16)18)15-9-14(4,5)10(2)3/h10-11,15H,6-9H2,1-5H3. The van der Waals surface area contributed by atoms with Gasteiger partial charge in [-0.05, 0) is 17.8 Å². The second kappa shape index (κ2) is 5.83. The Bertz CT molecular complexity index is 324.